The van der Waals surface area contributed by atoms with Gasteiger partial charge in [-0.2, -0.15) is 0 Å². The quantitative estimate of drug-likeness (QED) is 0.358. The maximum atomic E-state index is 11.7. The second-order valence-corrected chi connectivity index (χ2v) is 6.22. The van der Waals surface area contributed by atoms with Gasteiger partial charge in [0, 0.05) is 6.61 Å². The van der Waals surface area contributed by atoms with Gasteiger partial charge < -0.3 is 25.9 Å². The molecule has 0 radical (unpaired) electrons. The molecule has 0 fully saturated rings. The number of nitrogens with two attached hydrogens (primary N) is 1. The molecular formula is C10H21N2O6P. The van der Waals surface area contributed by atoms with Crippen molar-refractivity contribution in [3.63, 3.8) is 0 Å². The number of nitrogens with one attached hydrogen (secondary N) is 1. The summed E-state index contributed by atoms with van der Waals surface area (Å²) < 4.78 is 10.9. The van der Waals surface area contributed by atoms with Crippen LogP contribution in [0.4, 0.5) is 0 Å². The lowest BCUT2D eigenvalue weighted by molar-refractivity contribution is -0.126. The minimum absolute atomic E-state index is 0.162. The van der Waals surface area contributed by atoms with Crippen LogP contribution >= 0.6 is 7.60 Å². The lowest BCUT2D eigenvalue weighted by atomic mass is 10.0. The van der Waals surface area contributed by atoms with Crippen LogP contribution in [0.2, 0.25) is 0 Å². The summed E-state index contributed by atoms with van der Waals surface area (Å²) >= 11 is 0. The highest BCUT2D eigenvalue weighted by atomic mass is 31.2. The molecule has 1 amide bonds. The smallest absolute Gasteiger partial charge is 0.393 e. The van der Waals surface area contributed by atoms with Crippen LogP contribution in [0, 0.1) is 5.92 Å². The van der Waals surface area contributed by atoms with Gasteiger partial charge in [-0.25, -0.2) is 0 Å². The van der Waals surface area contributed by atoms with Crippen molar-refractivity contribution in [2.24, 2.45) is 11.7 Å². The molecule has 6 N–H and O–H groups in total. The van der Waals surface area contributed by atoms with Gasteiger partial charge in [-0.3, -0.25) is 14.2 Å². The molecule has 0 aliphatic carbocycles. The zero-order chi connectivity index (χ0) is 15.2. The first kappa shape index (κ1) is 18.2. The Bertz CT molecular complexity index is 367. The van der Waals surface area contributed by atoms with E-state index in [-0.39, 0.29) is 12.3 Å². The van der Waals surface area contributed by atoms with Crippen LogP contribution < -0.4 is 11.1 Å². The van der Waals surface area contributed by atoms with E-state index in [2.05, 4.69) is 5.32 Å². The third-order valence-corrected chi connectivity index (χ3v) is 3.27. The number of hydrogen-bond acceptors (Lipinski definition) is 5. The van der Waals surface area contributed by atoms with Crippen LogP contribution in [-0.4, -0.2) is 45.0 Å². The van der Waals surface area contributed by atoms with E-state index in [0.717, 1.165) is 0 Å². The van der Waals surface area contributed by atoms with E-state index in [1.54, 1.807) is 0 Å². The van der Waals surface area contributed by atoms with Crippen LogP contribution in [0.15, 0.2) is 0 Å². The van der Waals surface area contributed by atoms with Gasteiger partial charge in [0.25, 0.3) is 5.52 Å². The summed E-state index contributed by atoms with van der Waals surface area (Å²) in [5, 5.41) is 10.9. The molecule has 0 heterocycles. The van der Waals surface area contributed by atoms with Gasteiger partial charge in [0.1, 0.15) is 6.04 Å². The first-order valence-electron chi connectivity index (χ1n) is 5.86. The summed E-state index contributed by atoms with van der Waals surface area (Å²) in [4.78, 5) is 40.6. The number of amides is 1. The summed E-state index contributed by atoms with van der Waals surface area (Å²) in [7, 11) is -4.96. The van der Waals surface area contributed by atoms with Gasteiger partial charge in [0.2, 0.25) is 5.91 Å². The lowest BCUT2D eigenvalue weighted by Gasteiger charge is -2.20. The van der Waals surface area contributed by atoms with Crippen LogP contribution in [0.5, 0.6) is 0 Å². The highest BCUT2D eigenvalue weighted by Gasteiger charge is 2.35. The van der Waals surface area contributed by atoms with E-state index in [1.165, 1.54) is 0 Å². The average molecular weight is 296 g/mol. The Morgan fingerprint density at radius 2 is 1.84 bits per heavy atom. The zero-order valence-corrected chi connectivity index (χ0v) is 11.8. The summed E-state index contributed by atoms with van der Waals surface area (Å²) in [6.45, 7) is 3.23. The Labute approximate surface area is 111 Å². The molecule has 0 aliphatic heterocycles. The molecule has 19 heavy (non-hydrogen) atoms. The molecule has 0 spiro atoms. The van der Waals surface area contributed by atoms with E-state index >= 15 is 0 Å². The van der Waals surface area contributed by atoms with Crippen LogP contribution in [0.3, 0.4) is 0 Å². The Morgan fingerprint density at radius 3 is 2.21 bits per heavy atom. The largest absolute Gasteiger partial charge is 0.396 e. The Balaban J connectivity index is 4.72. The van der Waals surface area contributed by atoms with E-state index in [1.807, 2.05) is 13.8 Å². The molecule has 8 nitrogen and oxygen atoms in total. The predicted molar refractivity (Wildman–Crippen MR) is 68.1 cm³/mol. The second kappa shape index (κ2) is 7.72. The summed E-state index contributed by atoms with van der Waals surface area (Å²) in [5.41, 5.74) is 4.17. The maximum absolute atomic E-state index is 11.7. The van der Waals surface area contributed by atoms with Crippen LogP contribution in [-0.2, 0) is 14.2 Å². The number of hydrogen-bond donors (Lipinski definition) is 5. The topological polar surface area (TPSA) is 150 Å². The Morgan fingerprint density at radius 1 is 1.32 bits per heavy atom. The molecule has 2 atom stereocenters. The molecule has 112 valence electrons. The highest BCUT2D eigenvalue weighted by molar-refractivity contribution is 7.70. The zero-order valence-electron chi connectivity index (χ0n) is 10.9. The average Bonchev–Trinajstić information content (AvgIpc) is 2.25. The van der Waals surface area contributed by atoms with Crippen molar-refractivity contribution in [3.8, 4) is 0 Å². The van der Waals surface area contributed by atoms with Crippen molar-refractivity contribution < 1.29 is 29.0 Å². The number of rotatable bonds is 8. The van der Waals surface area contributed by atoms with Gasteiger partial charge in [-0.1, -0.05) is 13.8 Å². The molecule has 0 aliphatic rings. The molecule has 0 saturated carbocycles. The molecule has 0 aromatic heterocycles. The summed E-state index contributed by atoms with van der Waals surface area (Å²) in [6, 6.07) is -2.30. The standard InChI is InChI=1S/C10H21N2O6P/c1-6(2)5-7(11)9(14)12-8(3-4-13)10(15)19(16,17)18/h6-8,13H,3-5,11H2,1-2H3,(H,12,14)(H2,16,17,18)/t7-,8?/m0/s1. The van der Waals surface area contributed by atoms with Gasteiger partial charge in [0.15, 0.2) is 0 Å². The number of carbonyl (C=O) groups is 2. The van der Waals surface area contributed by atoms with Gasteiger partial charge in [0.05, 0.1) is 6.04 Å². The molecule has 1 unspecified atom stereocenters. The summed E-state index contributed by atoms with van der Waals surface area (Å²) in [5.74, 6) is -0.511. The number of aliphatic hydroxyl groups is 1. The normalized spacial score (nSPS) is 15.1. The van der Waals surface area contributed by atoms with Crippen molar-refractivity contribution in [1.82, 2.24) is 5.32 Å². The fourth-order valence-corrected chi connectivity index (χ4v) is 2.08. The van der Waals surface area contributed by atoms with Gasteiger partial charge in [-0.15, -0.1) is 0 Å². The first-order valence-corrected chi connectivity index (χ1v) is 7.47. The predicted octanol–water partition coefficient (Wildman–Crippen LogP) is -1.07. The number of aliphatic hydroxyl groups excluding tert-OH is 1. The molecule has 0 saturated heterocycles. The minimum atomic E-state index is -4.96. The van der Waals surface area contributed by atoms with Crippen molar-refractivity contribution in [1.29, 1.82) is 0 Å². The van der Waals surface area contributed by atoms with E-state index < -0.39 is 37.7 Å². The second-order valence-electron chi connectivity index (χ2n) is 4.69. The molecule has 0 aromatic carbocycles. The number of carbonyl (C=O) groups excluding carboxylic acids is 2. The van der Waals surface area contributed by atoms with Gasteiger partial charge >= 0.3 is 7.60 Å². The molecule has 9 heteroatoms. The first-order chi connectivity index (χ1) is 8.59. The third-order valence-electron chi connectivity index (χ3n) is 2.38. The van der Waals surface area contributed by atoms with E-state index in [4.69, 9.17) is 20.6 Å². The fourth-order valence-electron chi connectivity index (χ4n) is 1.48. The monoisotopic (exact) mass is 296 g/mol. The maximum Gasteiger partial charge on any atom is 0.393 e. The van der Waals surface area contributed by atoms with Crippen molar-refractivity contribution in [3.05, 3.63) is 0 Å². The van der Waals surface area contributed by atoms with Crippen molar-refractivity contribution >= 4 is 19.0 Å². The van der Waals surface area contributed by atoms with E-state index in [9.17, 15) is 14.2 Å². The van der Waals surface area contributed by atoms with E-state index in [0.29, 0.717) is 6.42 Å². The Kier molecular flexibility index (Phi) is 7.39. The lowest BCUT2D eigenvalue weighted by Crippen LogP contribution is -2.49. The molecule has 0 rings (SSSR count). The molecule has 0 aromatic rings. The molecule has 0 bridgehead atoms. The van der Waals surface area contributed by atoms with Crippen LogP contribution in [0.1, 0.15) is 26.7 Å². The SMILES string of the molecule is CC(C)C[C@H](N)C(=O)NC(CCO)C(=O)P(=O)(O)O. The van der Waals surface area contributed by atoms with Gasteiger partial charge in [-0.05, 0) is 18.8 Å². The fraction of sp³-hybridized carbons (Fsp3) is 0.800. The summed E-state index contributed by atoms with van der Waals surface area (Å²) in [6.07, 6.45) is 0.103. The third kappa shape index (κ3) is 6.79. The minimum Gasteiger partial charge on any atom is -0.396 e. The van der Waals surface area contributed by atoms with Crippen molar-refractivity contribution in [2.75, 3.05) is 6.61 Å². The molecular weight excluding hydrogens is 275 g/mol. The highest BCUT2D eigenvalue weighted by Crippen LogP contribution is 2.37. The van der Waals surface area contributed by atoms with Crippen molar-refractivity contribution in [2.45, 2.75) is 38.8 Å². The van der Waals surface area contributed by atoms with Crippen LogP contribution in [0.25, 0.3) is 0 Å². The Hall–Kier alpha value is -0.790.